The van der Waals surface area contributed by atoms with Crippen LogP contribution in [0.4, 0.5) is 5.69 Å². The lowest BCUT2D eigenvalue weighted by Gasteiger charge is -2.08. The van der Waals surface area contributed by atoms with Crippen molar-refractivity contribution in [2.75, 3.05) is 0 Å². The third-order valence-corrected chi connectivity index (χ3v) is 3.86. The van der Waals surface area contributed by atoms with Crippen LogP contribution in [0.1, 0.15) is 11.1 Å². The van der Waals surface area contributed by atoms with Gasteiger partial charge in [0.2, 0.25) is 0 Å². The van der Waals surface area contributed by atoms with Crippen molar-refractivity contribution >= 4 is 16.5 Å². The number of nitrogens with zero attached hydrogens (tertiary/aromatic N) is 1. The topological polar surface area (TPSA) is 43.1 Å². The van der Waals surface area contributed by atoms with Crippen LogP contribution >= 0.6 is 0 Å². The van der Waals surface area contributed by atoms with Crippen molar-refractivity contribution in [1.82, 2.24) is 0 Å². The normalized spacial score (nSPS) is 10.8. The van der Waals surface area contributed by atoms with Gasteiger partial charge >= 0.3 is 0 Å². The van der Waals surface area contributed by atoms with Crippen LogP contribution in [0.15, 0.2) is 54.6 Å². The largest absolute Gasteiger partial charge is 0.269 e. The second-order valence-corrected chi connectivity index (χ2v) is 5.26. The number of aryl methyl sites for hydroxylation is 2. The zero-order valence-electron chi connectivity index (χ0n) is 12.0. The molecule has 3 nitrogen and oxygen atoms in total. The number of nitro groups is 1. The molecule has 0 aliphatic heterocycles. The lowest BCUT2D eigenvalue weighted by molar-refractivity contribution is -0.384. The van der Waals surface area contributed by atoms with E-state index in [1.165, 1.54) is 21.9 Å². The standard InChI is InChI=1S/C18H15NO2/c1-12-3-4-13(2)18-11-15(7-10-17(12)18)14-5-8-16(9-6-14)19(20)21/h3-11H,1-2H3. The molecule has 0 amide bonds. The highest BCUT2D eigenvalue weighted by Crippen LogP contribution is 2.29. The molecule has 3 heteroatoms. The zero-order chi connectivity index (χ0) is 15.0. The van der Waals surface area contributed by atoms with Crippen LogP contribution in [-0.4, -0.2) is 4.92 Å². The first-order valence-electron chi connectivity index (χ1n) is 6.81. The smallest absolute Gasteiger partial charge is 0.258 e. The summed E-state index contributed by atoms with van der Waals surface area (Å²) in [5.41, 5.74) is 4.67. The molecule has 0 fully saturated rings. The van der Waals surface area contributed by atoms with Crippen LogP contribution in [-0.2, 0) is 0 Å². The van der Waals surface area contributed by atoms with Crippen LogP contribution < -0.4 is 0 Å². The Bertz CT molecular complexity index is 836. The summed E-state index contributed by atoms with van der Waals surface area (Å²) in [5.74, 6) is 0. The number of rotatable bonds is 2. The van der Waals surface area contributed by atoms with E-state index in [1.807, 2.05) is 0 Å². The lowest BCUT2D eigenvalue weighted by atomic mass is 9.96. The summed E-state index contributed by atoms with van der Waals surface area (Å²) in [4.78, 5) is 10.3. The van der Waals surface area contributed by atoms with E-state index in [2.05, 4.69) is 44.2 Å². The molecule has 0 radical (unpaired) electrons. The average Bonchev–Trinajstić information content (AvgIpc) is 2.51. The Balaban J connectivity index is 2.12. The number of hydrogen-bond acceptors (Lipinski definition) is 2. The zero-order valence-corrected chi connectivity index (χ0v) is 12.0. The molecule has 0 atom stereocenters. The van der Waals surface area contributed by atoms with Crippen LogP contribution in [0.25, 0.3) is 21.9 Å². The van der Waals surface area contributed by atoms with E-state index < -0.39 is 0 Å². The van der Waals surface area contributed by atoms with E-state index in [9.17, 15) is 10.1 Å². The maximum absolute atomic E-state index is 10.7. The Labute approximate surface area is 123 Å². The number of non-ortho nitro benzene ring substituents is 1. The Morgan fingerprint density at radius 2 is 1.33 bits per heavy atom. The van der Waals surface area contributed by atoms with Crippen molar-refractivity contribution in [3.8, 4) is 11.1 Å². The van der Waals surface area contributed by atoms with E-state index in [0.717, 1.165) is 11.1 Å². The van der Waals surface area contributed by atoms with Crippen molar-refractivity contribution in [3.63, 3.8) is 0 Å². The third kappa shape index (κ3) is 2.38. The minimum atomic E-state index is -0.377. The number of benzene rings is 3. The first-order valence-corrected chi connectivity index (χ1v) is 6.81. The van der Waals surface area contributed by atoms with Gasteiger partial charge in [0.05, 0.1) is 4.92 Å². The fourth-order valence-corrected chi connectivity index (χ4v) is 2.60. The predicted octanol–water partition coefficient (Wildman–Crippen LogP) is 5.03. The van der Waals surface area contributed by atoms with Crippen LogP contribution in [0.2, 0.25) is 0 Å². The summed E-state index contributed by atoms with van der Waals surface area (Å²) in [6, 6.07) is 17.3. The summed E-state index contributed by atoms with van der Waals surface area (Å²) < 4.78 is 0. The van der Waals surface area contributed by atoms with Gasteiger partial charge in [-0.25, -0.2) is 0 Å². The molecule has 0 aromatic heterocycles. The fourth-order valence-electron chi connectivity index (χ4n) is 2.60. The van der Waals surface area contributed by atoms with Crippen molar-refractivity contribution in [3.05, 3.63) is 75.8 Å². The first-order chi connectivity index (χ1) is 10.1. The van der Waals surface area contributed by atoms with Gasteiger partial charge in [-0.05, 0) is 65.1 Å². The maximum Gasteiger partial charge on any atom is 0.269 e. The van der Waals surface area contributed by atoms with Gasteiger partial charge in [-0.1, -0.05) is 24.3 Å². The van der Waals surface area contributed by atoms with Crippen LogP contribution in [0.3, 0.4) is 0 Å². The molecule has 0 N–H and O–H groups in total. The summed E-state index contributed by atoms with van der Waals surface area (Å²) in [7, 11) is 0. The molecule has 3 aromatic carbocycles. The number of hydrogen-bond donors (Lipinski definition) is 0. The molecule has 3 rings (SSSR count). The van der Waals surface area contributed by atoms with E-state index in [-0.39, 0.29) is 10.6 Å². The molecule has 0 spiro atoms. The highest BCUT2D eigenvalue weighted by atomic mass is 16.6. The van der Waals surface area contributed by atoms with E-state index >= 15 is 0 Å². The molecule has 21 heavy (non-hydrogen) atoms. The molecule has 0 heterocycles. The van der Waals surface area contributed by atoms with E-state index in [0.29, 0.717) is 0 Å². The van der Waals surface area contributed by atoms with Crippen LogP contribution in [0.5, 0.6) is 0 Å². The number of fused-ring (bicyclic) bond motifs is 1. The summed E-state index contributed by atoms with van der Waals surface area (Å²) in [5, 5.41) is 13.2. The highest BCUT2D eigenvalue weighted by molar-refractivity contribution is 5.92. The fraction of sp³-hybridized carbons (Fsp3) is 0.111. The van der Waals surface area contributed by atoms with Crippen LogP contribution in [0, 0.1) is 24.0 Å². The molecule has 0 unspecified atom stereocenters. The molecular weight excluding hydrogens is 262 g/mol. The molecule has 0 bridgehead atoms. The molecule has 0 saturated carbocycles. The quantitative estimate of drug-likeness (QED) is 0.487. The summed E-state index contributed by atoms with van der Waals surface area (Å²) in [6.45, 7) is 4.20. The summed E-state index contributed by atoms with van der Waals surface area (Å²) in [6.07, 6.45) is 0. The van der Waals surface area contributed by atoms with Gasteiger partial charge in [0.15, 0.2) is 0 Å². The highest BCUT2D eigenvalue weighted by Gasteiger charge is 2.07. The molecular formula is C18H15NO2. The molecule has 3 aromatic rings. The monoisotopic (exact) mass is 277 g/mol. The Kier molecular flexibility index (Phi) is 3.18. The molecule has 104 valence electrons. The Morgan fingerprint density at radius 3 is 1.95 bits per heavy atom. The molecule has 0 aliphatic rings. The van der Waals surface area contributed by atoms with E-state index in [1.54, 1.807) is 24.3 Å². The van der Waals surface area contributed by atoms with Gasteiger partial charge in [0.25, 0.3) is 5.69 Å². The van der Waals surface area contributed by atoms with Gasteiger partial charge in [-0.3, -0.25) is 10.1 Å². The lowest BCUT2D eigenvalue weighted by Crippen LogP contribution is -1.88. The van der Waals surface area contributed by atoms with Gasteiger partial charge in [-0.15, -0.1) is 0 Å². The van der Waals surface area contributed by atoms with Crippen molar-refractivity contribution in [1.29, 1.82) is 0 Å². The predicted molar refractivity (Wildman–Crippen MR) is 85.5 cm³/mol. The Hall–Kier alpha value is -2.68. The van der Waals surface area contributed by atoms with Gasteiger partial charge in [0.1, 0.15) is 0 Å². The van der Waals surface area contributed by atoms with Crippen molar-refractivity contribution < 1.29 is 4.92 Å². The second kappa shape index (κ2) is 5.02. The molecule has 0 aliphatic carbocycles. The first kappa shape index (κ1) is 13.3. The van der Waals surface area contributed by atoms with Gasteiger partial charge in [-0.2, -0.15) is 0 Å². The van der Waals surface area contributed by atoms with Gasteiger partial charge in [0, 0.05) is 12.1 Å². The number of nitro benzene ring substituents is 1. The summed E-state index contributed by atoms with van der Waals surface area (Å²) >= 11 is 0. The SMILES string of the molecule is Cc1ccc(C)c2cc(-c3ccc([N+](=O)[O-])cc3)ccc12. The second-order valence-electron chi connectivity index (χ2n) is 5.26. The van der Waals surface area contributed by atoms with E-state index in [4.69, 9.17) is 0 Å². The van der Waals surface area contributed by atoms with Gasteiger partial charge < -0.3 is 0 Å². The van der Waals surface area contributed by atoms with Crippen molar-refractivity contribution in [2.45, 2.75) is 13.8 Å². The minimum absolute atomic E-state index is 0.117. The molecule has 0 saturated heterocycles. The third-order valence-electron chi connectivity index (χ3n) is 3.86. The average molecular weight is 277 g/mol. The maximum atomic E-state index is 10.7. The Morgan fingerprint density at radius 1 is 0.762 bits per heavy atom. The minimum Gasteiger partial charge on any atom is -0.258 e. The van der Waals surface area contributed by atoms with Crippen molar-refractivity contribution in [2.24, 2.45) is 0 Å².